The molecule has 0 spiro atoms. The highest BCUT2D eigenvalue weighted by Crippen LogP contribution is 2.49. The summed E-state index contributed by atoms with van der Waals surface area (Å²) >= 11 is 0. The smallest absolute Gasteiger partial charge is 0.164 e. The highest BCUT2D eigenvalue weighted by atomic mass is 16.5. The van der Waals surface area contributed by atoms with Crippen LogP contribution in [0.3, 0.4) is 0 Å². The fourth-order valence-electron chi connectivity index (χ4n) is 2.27. The van der Waals surface area contributed by atoms with Crippen LogP contribution in [0.25, 0.3) is 0 Å². The van der Waals surface area contributed by atoms with Crippen LogP contribution in [0.2, 0.25) is 0 Å². The quantitative estimate of drug-likeness (QED) is 0.788. The summed E-state index contributed by atoms with van der Waals surface area (Å²) in [6.07, 6.45) is 2.62. The molecule has 0 bridgehead atoms. The zero-order chi connectivity index (χ0) is 11.2. The van der Waals surface area contributed by atoms with Gasteiger partial charge in [-0.1, -0.05) is 6.07 Å². The second kappa shape index (κ2) is 3.39. The molecule has 1 heterocycles. The Labute approximate surface area is 95.0 Å². The summed E-state index contributed by atoms with van der Waals surface area (Å²) in [6, 6.07) is 3.88. The van der Waals surface area contributed by atoms with Crippen LogP contribution >= 0.6 is 0 Å². The molecule has 0 atom stereocenters. The molecule has 1 N–H and O–H groups in total. The normalized spacial score (nSPS) is 21.4. The summed E-state index contributed by atoms with van der Waals surface area (Å²) in [5.74, 6) is 1.62. The Morgan fingerprint density at radius 2 is 1.94 bits per heavy atom. The van der Waals surface area contributed by atoms with E-state index in [1.807, 2.05) is 19.1 Å². The molecule has 3 heteroatoms. The molecule has 0 unspecified atom stereocenters. The molecule has 1 saturated carbocycles. The van der Waals surface area contributed by atoms with Crippen molar-refractivity contribution in [3.05, 3.63) is 23.3 Å². The number of fused-ring (bicyclic) bond motifs is 1. The Balaban J connectivity index is 2.07. The van der Waals surface area contributed by atoms with Crippen molar-refractivity contribution in [2.75, 3.05) is 13.2 Å². The van der Waals surface area contributed by atoms with Gasteiger partial charge in [0.1, 0.15) is 0 Å². The van der Waals surface area contributed by atoms with Gasteiger partial charge >= 0.3 is 0 Å². The molecule has 0 radical (unpaired) electrons. The van der Waals surface area contributed by atoms with Crippen molar-refractivity contribution in [3.63, 3.8) is 0 Å². The maximum absolute atomic E-state index is 10.2. The van der Waals surface area contributed by atoms with Crippen LogP contribution in [0.15, 0.2) is 12.1 Å². The van der Waals surface area contributed by atoms with E-state index in [9.17, 15) is 5.11 Å². The molecule has 16 heavy (non-hydrogen) atoms. The van der Waals surface area contributed by atoms with E-state index in [-0.39, 0.29) is 0 Å². The molecular formula is C13H16O3. The predicted octanol–water partition coefficient (Wildman–Crippen LogP) is 2.14. The molecule has 1 aromatic carbocycles. The molecule has 0 amide bonds. The van der Waals surface area contributed by atoms with Crippen molar-refractivity contribution < 1.29 is 14.6 Å². The lowest BCUT2D eigenvalue weighted by Gasteiger charge is -2.17. The van der Waals surface area contributed by atoms with Gasteiger partial charge in [-0.15, -0.1) is 0 Å². The van der Waals surface area contributed by atoms with Crippen molar-refractivity contribution in [2.24, 2.45) is 0 Å². The van der Waals surface area contributed by atoms with E-state index >= 15 is 0 Å². The first-order valence-electron chi connectivity index (χ1n) is 5.83. The molecule has 1 aliphatic carbocycles. The minimum absolute atomic E-state index is 0.602. The standard InChI is InChI=1S/C13H16O3/c1-9-10(13(14)5-6-13)3-4-11-12(9)16-8-2-7-15-11/h3-4,14H,2,5-8H2,1H3. The monoisotopic (exact) mass is 220 g/mol. The Morgan fingerprint density at radius 1 is 1.19 bits per heavy atom. The van der Waals surface area contributed by atoms with Crippen molar-refractivity contribution >= 4 is 0 Å². The van der Waals surface area contributed by atoms with Gasteiger partial charge in [-0.25, -0.2) is 0 Å². The number of benzene rings is 1. The highest BCUT2D eigenvalue weighted by Gasteiger charge is 2.44. The van der Waals surface area contributed by atoms with Gasteiger partial charge in [0.05, 0.1) is 18.8 Å². The average Bonchev–Trinajstić information content (AvgIpc) is 3.02. The van der Waals surface area contributed by atoms with Crippen LogP contribution in [-0.4, -0.2) is 18.3 Å². The lowest BCUT2D eigenvalue weighted by molar-refractivity contribution is 0.150. The molecule has 0 saturated heterocycles. The number of ether oxygens (including phenoxy) is 2. The van der Waals surface area contributed by atoms with Gasteiger partial charge in [0.15, 0.2) is 11.5 Å². The molecule has 0 aromatic heterocycles. The van der Waals surface area contributed by atoms with Gasteiger partial charge in [0.2, 0.25) is 0 Å². The molecule has 1 aromatic rings. The molecule has 2 aliphatic rings. The first kappa shape index (κ1) is 9.97. The third-order valence-corrected chi connectivity index (χ3v) is 3.39. The molecule has 1 aliphatic heterocycles. The van der Waals surface area contributed by atoms with Crippen LogP contribution in [0.4, 0.5) is 0 Å². The first-order valence-corrected chi connectivity index (χ1v) is 5.83. The number of hydrogen-bond donors (Lipinski definition) is 1. The van der Waals surface area contributed by atoms with Crippen LogP contribution in [0.5, 0.6) is 11.5 Å². The summed E-state index contributed by atoms with van der Waals surface area (Å²) in [7, 11) is 0. The molecule has 3 nitrogen and oxygen atoms in total. The van der Waals surface area contributed by atoms with Gasteiger partial charge in [0.25, 0.3) is 0 Å². The second-order valence-corrected chi connectivity index (χ2v) is 4.65. The summed E-state index contributed by atoms with van der Waals surface area (Å²) in [6.45, 7) is 3.39. The minimum atomic E-state index is -0.602. The molecule has 86 valence electrons. The predicted molar refractivity (Wildman–Crippen MR) is 59.9 cm³/mol. The fraction of sp³-hybridized carbons (Fsp3) is 0.538. The van der Waals surface area contributed by atoms with Gasteiger partial charge in [0, 0.05) is 12.0 Å². The molecular weight excluding hydrogens is 204 g/mol. The lowest BCUT2D eigenvalue weighted by atomic mass is 10.0. The van der Waals surface area contributed by atoms with Crippen LogP contribution < -0.4 is 9.47 Å². The Morgan fingerprint density at radius 3 is 2.69 bits per heavy atom. The SMILES string of the molecule is Cc1c(C2(O)CC2)ccc2c1OCCCO2. The zero-order valence-corrected chi connectivity index (χ0v) is 9.45. The Bertz CT molecular complexity index is 421. The largest absolute Gasteiger partial charge is 0.490 e. The lowest BCUT2D eigenvalue weighted by Crippen LogP contribution is -2.08. The van der Waals surface area contributed by atoms with E-state index in [1.165, 1.54) is 0 Å². The summed E-state index contributed by atoms with van der Waals surface area (Å²) in [4.78, 5) is 0. The third kappa shape index (κ3) is 1.47. The average molecular weight is 220 g/mol. The van der Waals surface area contributed by atoms with Crippen molar-refractivity contribution in [3.8, 4) is 11.5 Å². The van der Waals surface area contributed by atoms with E-state index in [0.29, 0.717) is 13.2 Å². The summed E-state index contributed by atoms with van der Waals surface area (Å²) < 4.78 is 11.3. The maximum Gasteiger partial charge on any atom is 0.164 e. The zero-order valence-electron chi connectivity index (χ0n) is 9.45. The van der Waals surface area contributed by atoms with Crippen LogP contribution in [0.1, 0.15) is 30.4 Å². The van der Waals surface area contributed by atoms with Gasteiger partial charge in [-0.3, -0.25) is 0 Å². The molecule has 3 rings (SSSR count). The van der Waals surface area contributed by atoms with Gasteiger partial charge < -0.3 is 14.6 Å². The van der Waals surface area contributed by atoms with Crippen molar-refractivity contribution in [1.82, 2.24) is 0 Å². The van der Waals surface area contributed by atoms with E-state index in [0.717, 1.165) is 41.9 Å². The third-order valence-electron chi connectivity index (χ3n) is 3.39. The topological polar surface area (TPSA) is 38.7 Å². The van der Waals surface area contributed by atoms with Crippen LogP contribution in [0, 0.1) is 6.92 Å². The van der Waals surface area contributed by atoms with E-state index in [4.69, 9.17) is 9.47 Å². The highest BCUT2D eigenvalue weighted by molar-refractivity contribution is 5.53. The van der Waals surface area contributed by atoms with Gasteiger partial charge in [-0.05, 0) is 31.4 Å². The fourth-order valence-corrected chi connectivity index (χ4v) is 2.27. The Kier molecular flexibility index (Phi) is 2.11. The van der Waals surface area contributed by atoms with E-state index < -0.39 is 5.60 Å². The summed E-state index contributed by atoms with van der Waals surface area (Å²) in [5.41, 5.74) is 1.42. The second-order valence-electron chi connectivity index (χ2n) is 4.65. The van der Waals surface area contributed by atoms with Crippen LogP contribution in [-0.2, 0) is 5.60 Å². The Hall–Kier alpha value is -1.22. The minimum Gasteiger partial charge on any atom is -0.490 e. The number of rotatable bonds is 1. The number of hydrogen-bond acceptors (Lipinski definition) is 3. The van der Waals surface area contributed by atoms with Crippen molar-refractivity contribution in [1.29, 1.82) is 0 Å². The van der Waals surface area contributed by atoms with Crippen molar-refractivity contribution in [2.45, 2.75) is 31.8 Å². The number of aliphatic hydroxyl groups is 1. The molecule has 1 fully saturated rings. The first-order chi connectivity index (χ1) is 7.71. The van der Waals surface area contributed by atoms with E-state index in [2.05, 4.69) is 0 Å². The maximum atomic E-state index is 10.2. The van der Waals surface area contributed by atoms with Gasteiger partial charge in [-0.2, -0.15) is 0 Å². The van der Waals surface area contributed by atoms with E-state index in [1.54, 1.807) is 0 Å². The summed E-state index contributed by atoms with van der Waals surface area (Å²) in [5, 5.41) is 10.2.